The predicted octanol–water partition coefficient (Wildman–Crippen LogP) is 0.425. The van der Waals surface area contributed by atoms with Gasteiger partial charge in [0.1, 0.15) is 0 Å². The Morgan fingerprint density at radius 3 is 0.818 bits per heavy atom. The van der Waals surface area contributed by atoms with E-state index >= 15 is 0 Å². The normalized spacial score (nSPS) is 9.15. The average Bonchev–Trinajstić information content (AvgIpc) is 2.37. The van der Waals surface area contributed by atoms with Gasteiger partial charge in [-0.2, -0.15) is 0 Å². The van der Waals surface area contributed by atoms with E-state index in [1.54, 1.807) is 12.1 Å². The molecule has 19 heteroatoms. The van der Waals surface area contributed by atoms with Crippen molar-refractivity contribution in [1.82, 2.24) is 0 Å². The molecule has 0 aromatic heterocycles. The van der Waals surface area contributed by atoms with Crippen LogP contribution in [0.25, 0.3) is 0 Å². The van der Waals surface area contributed by atoms with Crippen LogP contribution >= 0.6 is 174 Å². The second-order valence-corrected chi connectivity index (χ2v) is 15.2. The molecule has 1 rings (SSSR count). The SMILES string of the molecule is CC(Cl)(Cl)Cl.CC(Cl)(Cl)Cl.ClC(Cl)Cl.ClCC(Cl)(Cl)Cl.Clc1ccccc1Cl.[C+4].[Cl-].[Cl-].[Cl-].[Cl-]. The van der Waals surface area contributed by atoms with E-state index in [4.69, 9.17) is 174 Å². The molecule has 1 aromatic rings. The molecule has 0 aliphatic heterocycles. The molecule has 33 heavy (non-hydrogen) atoms. The topological polar surface area (TPSA) is 0 Å². The quantitative estimate of drug-likeness (QED) is 0.333. The van der Waals surface area contributed by atoms with Crippen LogP contribution in [0.2, 0.25) is 10.0 Å². The Hall–Kier alpha value is 4.73. The van der Waals surface area contributed by atoms with E-state index in [1.807, 2.05) is 12.1 Å². The number of rotatable bonds is 0. The molecule has 0 amide bonds. The molecule has 0 unspecified atom stereocenters. The summed E-state index contributed by atoms with van der Waals surface area (Å²) in [6, 6.07) is 7.19. The van der Waals surface area contributed by atoms with Crippen molar-refractivity contribution >= 4 is 174 Å². The number of alkyl halides is 13. The molecule has 0 aliphatic rings. The van der Waals surface area contributed by atoms with Crippen LogP contribution in [0, 0.1) is 7.43 Å². The molecule has 202 valence electrons. The Labute approximate surface area is 297 Å². The summed E-state index contributed by atoms with van der Waals surface area (Å²) in [5, 5.41) is 1.21. The Kier molecular flexibility index (Phi) is 65.0. The van der Waals surface area contributed by atoms with Gasteiger partial charge < -0.3 is 49.6 Å². The third-order valence-corrected chi connectivity index (χ3v) is 2.94. The van der Waals surface area contributed by atoms with Crippen LogP contribution in [-0.4, -0.2) is 21.6 Å². The average molecular weight is 855 g/mol. The first-order valence-corrected chi connectivity index (χ1v) is 12.2. The van der Waals surface area contributed by atoms with Gasteiger partial charge >= 0.3 is 7.43 Å². The van der Waals surface area contributed by atoms with E-state index in [2.05, 4.69) is 0 Å². The minimum Gasteiger partial charge on any atom is -1.00 e. The van der Waals surface area contributed by atoms with E-state index in [1.165, 1.54) is 13.8 Å². The first-order chi connectivity index (χ1) is 12.1. The fourth-order valence-corrected chi connectivity index (χ4v) is 0.711. The van der Waals surface area contributed by atoms with Gasteiger partial charge in [0.15, 0.2) is 11.9 Å². The molecule has 0 radical (unpaired) electrons. The van der Waals surface area contributed by atoms with Gasteiger partial charge in [0.05, 0.1) is 15.9 Å². The molecule has 0 saturated carbocycles. The van der Waals surface area contributed by atoms with E-state index in [9.17, 15) is 0 Å². The van der Waals surface area contributed by atoms with Crippen LogP contribution < -0.4 is 49.6 Å². The Bertz CT molecular complexity index is 415. The van der Waals surface area contributed by atoms with Crippen LogP contribution in [0.5, 0.6) is 0 Å². The second kappa shape index (κ2) is 34.8. The number of hydrogen-bond donors (Lipinski definition) is 0. The minimum atomic E-state index is -1.28. The molecule has 0 heterocycles. The zero-order valence-corrected chi connectivity index (χ0v) is 30.1. The fraction of sp³-hybridized carbons (Fsp3) is 0.500. The molecule has 0 nitrogen and oxygen atoms in total. The third kappa shape index (κ3) is 126. The molecule has 0 aliphatic carbocycles. The number of benzene rings is 1. The van der Waals surface area contributed by atoms with E-state index in [-0.39, 0.29) is 62.9 Å². The van der Waals surface area contributed by atoms with Gasteiger partial charge in [0, 0.05) is 0 Å². The summed E-state index contributed by atoms with van der Waals surface area (Å²) in [6.07, 6.45) is 0. The van der Waals surface area contributed by atoms with Crippen molar-refractivity contribution in [2.75, 3.05) is 5.88 Å². The van der Waals surface area contributed by atoms with E-state index < -0.39 is 15.7 Å². The van der Waals surface area contributed by atoms with Gasteiger partial charge in [-0.05, 0) is 26.0 Å². The monoisotopic (exact) mass is 846 g/mol. The number of hydrogen-bond acceptors (Lipinski definition) is 0. The third-order valence-electron chi connectivity index (χ3n) is 0.976. The summed E-state index contributed by atoms with van der Waals surface area (Å²) in [4.78, 5) is 0. The molecular weight excluding hydrogens is 842 g/mol. The summed E-state index contributed by atoms with van der Waals surface area (Å²) >= 11 is 76.4. The molecule has 0 fully saturated rings. The van der Waals surface area contributed by atoms with Crippen molar-refractivity contribution in [2.24, 2.45) is 0 Å². The molecule has 0 bridgehead atoms. The molecule has 0 atom stereocenters. The maximum absolute atomic E-state index is 5.58. The van der Waals surface area contributed by atoms with Crippen molar-refractivity contribution in [2.45, 2.75) is 29.5 Å². The van der Waals surface area contributed by atoms with Gasteiger partial charge in [0.2, 0.25) is 3.79 Å². The molecule has 0 N–H and O–H groups in total. The van der Waals surface area contributed by atoms with Crippen LogP contribution in [0.3, 0.4) is 0 Å². The van der Waals surface area contributed by atoms with Crippen molar-refractivity contribution in [1.29, 1.82) is 0 Å². The van der Waals surface area contributed by atoms with Crippen LogP contribution in [-0.2, 0) is 0 Å². The molecule has 0 spiro atoms. The minimum absolute atomic E-state index is 0. The van der Waals surface area contributed by atoms with Crippen LogP contribution in [0.15, 0.2) is 24.3 Å². The van der Waals surface area contributed by atoms with Gasteiger partial charge in [-0.15, -0.1) is 11.6 Å². The van der Waals surface area contributed by atoms with Gasteiger partial charge in [-0.25, -0.2) is 0 Å². The standard InChI is InChI=1S/C6H4Cl2.C2H2Cl4.2C2H3Cl3.CHCl3.C.4ClH/c7-5-3-1-2-4-6(5)8;3-1-2(4,5)6;2*1-2(3,4)5;2-1(3)4;;;;;/h1-4H;1H2;2*1H3;1H;;4*1H/q;;;;;+4;;;;/p-4. The number of halogens is 19. The van der Waals surface area contributed by atoms with Gasteiger partial charge in [-0.1, -0.05) is 175 Å². The summed E-state index contributed by atoms with van der Waals surface area (Å²) < 4.78 is -4.19. The van der Waals surface area contributed by atoms with Crippen molar-refractivity contribution in [3.63, 3.8) is 0 Å². The maximum atomic E-state index is 5.58. The Morgan fingerprint density at radius 1 is 0.636 bits per heavy atom. The second-order valence-electron chi connectivity index (χ2n) is 3.97. The van der Waals surface area contributed by atoms with E-state index in [0.717, 1.165) is 0 Å². The summed E-state index contributed by atoms with van der Waals surface area (Å²) in [7, 11) is 0. The largest absolute Gasteiger partial charge is 4.00 e. The van der Waals surface area contributed by atoms with Crippen LogP contribution in [0.1, 0.15) is 13.8 Å². The Morgan fingerprint density at radius 2 is 0.758 bits per heavy atom. The van der Waals surface area contributed by atoms with Crippen molar-refractivity contribution < 1.29 is 49.6 Å². The fourth-order valence-electron chi connectivity index (χ4n) is 0.439. The molecule has 0 saturated heterocycles. The smallest absolute Gasteiger partial charge is 1.00 e. The molecule has 1 aromatic carbocycles. The van der Waals surface area contributed by atoms with E-state index in [0.29, 0.717) is 10.0 Å². The van der Waals surface area contributed by atoms with Crippen molar-refractivity contribution in [3.8, 4) is 0 Å². The Balaban J connectivity index is -0.0000000307. The predicted molar refractivity (Wildman–Crippen MR) is 144 cm³/mol. The zero-order chi connectivity index (χ0) is 23.8. The summed E-state index contributed by atoms with van der Waals surface area (Å²) in [5.41, 5.74) is 0. The van der Waals surface area contributed by atoms with Gasteiger partial charge in [-0.3, -0.25) is 0 Å². The van der Waals surface area contributed by atoms with Crippen LogP contribution in [0.4, 0.5) is 0 Å². The van der Waals surface area contributed by atoms with Crippen molar-refractivity contribution in [3.05, 3.63) is 41.7 Å². The maximum Gasteiger partial charge on any atom is 4.00 e. The summed E-state index contributed by atoms with van der Waals surface area (Å²) in [5.74, 6) is 0.0394. The molecular formula is C14H13Cl19. The first-order valence-electron chi connectivity index (χ1n) is 6.18. The van der Waals surface area contributed by atoms with Gasteiger partial charge in [0.25, 0.3) is 0 Å². The first kappa shape index (κ1) is 61.7. The summed E-state index contributed by atoms with van der Waals surface area (Å²) in [6.45, 7) is 2.97. The zero-order valence-electron chi connectivity index (χ0n) is 15.8.